The molecule has 0 aliphatic carbocycles. The summed E-state index contributed by atoms with van der Waals surface area (Å²) >= 11 is 0. The summed E-state index contributed by atoms with van der Waals surface area (Å²) in [6.45, 7) is 8.44. The molecule has 0 saturated heterocycles. The summed E-state index contributed by atoms with van der Waals surface area (Å²) in [6, 6.07) is -1.15. The van der Waals surface area contributed by atoms with Crippen molar-refractivity contribution >= 4 is 21.9 Å². The Kier molecular flexibility index (Phi) is 8.50. The lowest BCUT2D eigenvalue weighted by Crippen LogP contribution is -2.51. The number of ether oxygens (including phenoxy) is 1. The van der Waals surface area contributed by atoms with Gasteiger partial charge in [0.2, 0.25) is 15.9 Å². The van der Waals surface area contributed by atoms with Crippen molar-refractivity contribution < 1.29 is 22.7 Å². The Balaban J connectivity index is 4.85. The van der Waals surface area contributed by atoms with E-state index in [1.807, 2.05) is 0 Å². The molecule has 21 heavy (non-hydrogen) atoms. The van der Waals surface area contributed by atoms with E-state index in [9.17, 15) is 18.0 Å². The molecule has 7 nitrogen and oxygen atoms in total. The monoisotopic (exact) mass is 322 g/mol. The van der Waals surface area contributed by atoms with Crippen LogP contribution in [-0.2, 0) is 24.3 Å². The number of amides is 1. The first kappa shape index (κ1) is 19.9. The van der Waals surface area contributed by atoms with Gasteiger partial charge in [-0.05, 0) is 34.1 Å². The molecule has 0 heterocycles. The highest BCUT2D eigenvalue weighted by atomic mass is 32.2. The van der Waals surface area contributed by atoms with Gasteiger partial charge in [0.05, 0.1) is 18.4 Å². The highest BCUT2D eigenvalue weighted by Gasteiger charge is 2.27. The molecule has 0 fully saturated rings. The van der Waals surface area contributed by atoms with Gasteiger partial charge in [0.25, 0.3) is 0 Å². The zero-order valence-electron chi connectivity index (χ0n) is 13.4. The maximum Gasteiger partial charge on any atom is 0.325 e. The average molecular weight is 322 g/mol. The molecule has 0 bridgehead atoms. The van der Waals surface area contributed by atoms with Crippen molar-refractivity contribution in [1.82, 2.24) is 9.62 Å². The van der Waals surface area contributed by atoms with Crippen molar-refractivity contribution in [2.24, 2.45) is 0 Å². The van der Waals surface area contributed by atoms with E-state index in [1.54, 1.807) is 27.7 Å². The fraction of sp³-hybridized carbons (Fsp3) is 0.846. The molecule has 0 saturated carbocycles. The van der Waals surface area contributed by atoms with E-state index in [0.29, 0.717) is 6.42 Å². The average Bonchev–Trinajstić information content (AvgIpc) is 2.34. The van der Waals surface area contributed by atoms with Crippen LogP contribution < -0.4 is 4.72 Å². The van der Waals surface area contributed by atoms with Crippen LogP contribution in [0.2, 0.25) is 0 Å². The molecule has 0 aromatic carbocycles. The number of rotatable bonds is 9. The summed E-state index contributed by atoms with van der Waals surface area (Å²) in [6.07, 6.45) is 0.465. The first-order chi connectivity index (χ1) is 9.64. The normalized spacial score (nSPS) is 13.0. The topological polar surface area (TPSA) is 92.8 Å². The van der Waals surface area contributed by atoms with Crippen LogP contribution in [0.1, 0.15) is 41.0 Å². The SMILES string of the molecule is CCCS(=O)(=O)NC(C)C(=O)N(CC(=O)OCC)C(C)C. The van der Waals surface area contributed by atoms with Gasteiger partial charge >= 0.3 is 5.97 Å². The molecule has 1 amide bonds. The predicted molar refractivity (Wildman–Crippen MR) is 80.2 cm³/mol. The van der Waals surface area contributed by atoms with Crippen LogP contribution in [0, 0.1) is 0 Å². The van der Waals surface area contributed by atoms with Crippen molar-refractivity contribution in [1.29, 1.82) is 0 Å². The standard InChI is InChI=1S/C13H26N2O5S/c1-6-8-21(18,19)14-11(5)13(17)15(10(3)4)9-12(16)20-7-2/h10-11,14H,6-9H2,1-5H3. The molecule has 0 spiro atoms. The van der Waals surface area contributed by atoms with E-state index in [4.69, 9.17) is 4.74 Å². The Morgan fingerprint density at radius 2 is 1.76 bits per heavy atom. The number of carbonyl (C=O) groups excluding carboxylic acids is 2. The molecular formula is C13H26N2O5S. The molecule has 0 rings (SSSR count). The molecule has 8 heteroatoms. The maximum absolute atomic E-state index is 12.3. The number of hydrogen-bond donors (Lipinski definition) is 1. The fourth-order valence-corrected chi connectivity index (χ4v) is 3.05. The number of nitrogens with one attached hydrogen (secondary N) is 1. The van der Waals surface area contributed by atoms with E-state index in [2.05, 4.69) is 4.72 Å². The van der Waals surface area contributed by atoms with Gasteiger partial charge in [0.15, 0.2) is 0 Å². The third-order valence-corrected chi connectivity index (χ3v) is 4.37. The van der Waals surface area contributed by atoms with Gasteiger partial charge in [-0.15, -0.1) is 0 Å². The third-order valence-electron chi connectivity index (χ3n) is 2.71. The Morgan fingerprint density at radius 1 is 1.19 bits per heavy atom. The van der Waals surface area contributed by atoms with E-state index in [0.717, 1.165) is 0 Å². The number of carbonyl (C=O) groups is 2. The van der Waals surface area contributed by atoms with E-state index >= 15 is 0 Å². The van der Waals surface area contributed by atoms with Gasteiger partial charge in [-0.2, -0.15) is 0 Å². The largest absolute Gasteiger partial charge is 0.465 e. The van der Waals surface area contributed by atoms with Gasteiger partial charge < -0.3 is 9.64 Å². The van der Waals surface area contributed by atoms with Crippen molar-refractivity contribution in [2.75, 3.05) is 18.9 Å². The molecule has 0 aliphatic rings. The van der Waals surface area contributed by atoms with Crippen molar-refractivity contribution in [3.05, 3.63) is 0 Å². The van der Waals surface area contributed by atoms with Crippen LogP contribution >= 0.6 is 0 Å². The minimum absolute atomic E-state index is 0.0375. The zero-order valence-corrected chi connectivity index (χ0v) is 14.2. The molecular weight excluding hydrogens is 296 g/mol. The minimum atomic E-state index is -3.49. The maximum atomic E-state index is 12.3. The highest BCUT2D eigenvalue weighted by molar-refractivity contribution is 7.89. The summed E-state index contributed by atoms with van der Waals surface area (Å²) in [4.78, 5) is 25.1. The fourth-order valence-electron chi connectivity index (χ4n) is 1.76. The highest BCUT2D eigenvalue weighted by Crippen LogP contribution is 2.04. The number of sulfonamides is 1. The van der Waals surface area contributed by atoms with Crippen LogP contribution in [0.4, 0.5) is 0 Å². The lowest BCUT2D eigenvalue weighted by atomic mass is 10.2. The Hall–Kier alpha value is -1.15. The summed E-state index contributed by atoms with van der Waals surface area (Å²) in [7, 11) is -3.49. The second-order valence-electron chi connectivity index (χ2n) is 5.02. The van der Waals surface area contributed by atoms with Gasteiger partial charge in [-0.25, -0.2) is 13.1 Å². The summed E-state index contributed by atoms with van der Waals surface area (Å²) < 4.78 is 30.5. The van der Waals surface area contributed by atoms with E-state index in [1.165, 1.54) is 11.8 Å². The van der Waals surface area contributed by atoms with E-state index in [-0.39, 0.29) is 24.9 Å². The Bertz CT molecular complexity index is 447. The summed E-state index contributed by atoms with van der Waals surface area (Å²) in [5.74, 6) is -0.995. The molecule has 0 aliphatic heterocycles. The lowest BCUT2D eigenvalue weighted by molar-refractivity contribution is -0.150. The van der Waals surface area contributed by atoms with Crippen LogP contribution in [0.5, 0.6) is 0 Å². The smallest absolute Gasteiger partial charge is 0.325 e. The second kappa shape index (κ2) is 8.99. The van der Waals surface area contributed by atoms with Crippen molar-refractivity contribution in [3.63, 3.8) is 0 Å². The molecule has 0 aromatic heterocycles. The Labute approximate surface area is 127 Å². The zero-order chi connectivity index (χ0) is 16.6. The predicted octanol–water partition coefficient (Wildman–Crippen LogP) is 0.504. The van der Waals surface area contributed by atoms with Crippen LogP contribution in [-0.4, -0.2) is 56.2 Å². The summed E-state index contributed by atoms with van der Waals surface area (Å²) in [5.41, 5.74) is 0. The van der Waals surface area contributed by atoms with Crippen LogP contribution in [0.15, 0.2) is 0 Å². The molecule has 0 radical (unpaired) electrons. The number of nitrogens with zero attached hydrogens (tertiary/aromatic N) is 1. The quantitative estimate of drug-likeness (QED) is 0.624. The Morgan fingerprint density at radius 3 is 2.19 bits per heavy atom. The van der Waals surface area contributed by atoms with Gasteiger partial charge in [0.1, 0.15) is 6.54 Å². The van der Waals surface area contributed by atoms with Gasteiger partial charge in [0, 0.05) is 6.04 Å². The number of esters is 1. The van der Waals surface area contributed by atoms with Gasteiger partial charge in [-0.1, -0.05) is 6.92 Å². The number of hydrogen-bond acceptors (Lipinski definition) is 5. The first-order valence-electron chi connectivity index (χ1n) is 7.10. The first-order valence-corrected chi connectivity index (χ1v) is 8.75. The van der Waals surface area contributed by atoms with Crippen LogP contribution in [0.25, 0.3) is 0 Å². The molecule has 0 aromatic rings. The lowest BCUT2D eigenvalue weighted by Gasteiger charge is -2.28. The van der Waals surface area contributed by atoms with E-state index < -0.39 is 27.9 Å². The second-order valence-corrected chi connectivity index (χ2v) is 6.90. The summed E-state index contributed by atoms with van der Waals surface area (Å²) in [5, 5.41) is 0. The molecule has 1 atom stereocenters. The van der Waals surface area contributed by atoms with Gasteiger partial charge in [-0.3, -0.25) is 9.59 Å². The molecule has 124 valence electrons. The molecule has 1 unspecified atom stereocenters. The van der Waals surface area contributed by atoms with Crippen LogP contribution in [0.3, 0.4) is 0 Å². The molecule has 1 N–H and O–H groups in total. The van der Waals surface area contributed by atoms with Crippen molar-refractivity contribution in [2.45, 2.75) is 53.1 Å². The third kappa shape index (κ3) is 7.42. The van der Waals surface area contributed by atoms with Crippen molar-refractivity contribution in [3.8, 4) is 0 Å². The minimum Gasteiger partial charge on any atom is -0.465 e.